The summed E-state index contributed by atoms with van der Waals surface area (Å²) in [6.45, 7) is 0. The molecule has 0 aliphatic heterocycles. The number of rotatable bonds is 5. The van der Waals surface area contributed by atoms with E-state index < -0.39 is 0 Å². The lowest BCUT2D eigenvalue weighted by atomic mass is 9.99. The number of nitrogens with zero attached hydrogens (tertiary/aromatic N) is 4. The van der Waals surface area contributed by atoms with Gasteiger partial charge < -0.3 is 8.83 Å². The summed E-state index contributed by atoms with van der Waals surface area (Å²) in [6, 6.07) is 62.7. The van der Waals surface area contributed by atoms with Crippen LogP contribution in [-0.4, -0.2) is 19.5 Å². The maximum atomic E-state index is 6.69. The van der Waals surface area contributed by atoms with E-state index in [0.29, 0.717) is 17.6 Å². The summed E-state index contributed by atoms with van der Waals surface area (Å²) in [6.07, 6.45) is 0. The SMILES string of the molecule is c1ccc(-c2nc(-c3ccc(-c4ccc5c(c4)oc4c(-c6ccc7oc8ccccc8c7c6)cccc45)cc3)nc(-n3c4ccccc4c4ccccc43)n2)cc1. The van der Waals surface area contributed by atoms with Gasteiger partial charge in [-0.05, 0) is 59.2 Å². The zero-order chi connectivity index (χ0) is 37.5. The Morgan fingerprint density at radius 3 is 1.68 bits per heavy atom. The standard InChI is InChI=1S/C51H30N4O2/c1-2-11-32(12-3-1)49-52-50(54-51(53-49)55-43-18-7-4-13-37(43)38-14-5-8-19-44(38)55)33-23-21-31(22-24-33)34-25-27-40-41-17-10-16-36(48(41)57-47(40)30-34)35-26-28-46-42(29-35)39-15-6-9-20-45(39)56-46/h1-30H. The molecular formula is C51H30N4O2. The van der Waals surface area contributed by atoms with Crippen molar-refractivity contribution in [3.63, 3.8) is 0 Å². The Morgan fingerprint density at radius 1 is 0.333 bits per heavy atom. The molecule has 0 saturated carbocycles. The number of benzene rings is 8. The van der Waals surface area contributed by atoms with Gasteiger partial charge in [0.2, 0.25) is 5.95 Å². The minimum Gasteiger partial charge on any atom is -0.456 e. The van der Waals surface area contributed by atoms with Crippen LogP contribution >= 0.6 is 0 Å². The molecule has 0 spiro atoms. The molecule has 12 rings (SSSR count). The predicted octanol–water partition coefficient (Wildman–Crippen LogP) is 13.4. The van der Waals surface area contributed by atoms with Crippen LogP contribution in [0.5, 0.6) is 0 Å². The highest BCUT2D eigenvalue weighted by Crippen LogP contribution is 2.40. The third-order valence-corrected chi connectivity index (χ3v) is 11.1. The van der Waals surface area contributed by atoms with Gasteiger partial charge in [0.1, 0.15) is 22.3 Å². The first kappa shape index (κ1) is 31.5. The van der Waals surface area contributed by atoms with Crippen molar-refractivity contribution in [3.05, 3.63) is 182 Å². The summed E-state index contributed by atoms with van der Waals surface area (Å²) in [5.74, 6) is 1.80. The molecule has 0 aliphatic rings. The molecule has 57 heavy (non-hydrogen) atoms. The van der Waals surface area contributed by atoms with Crippen molar-refractivity contribution in [2.24, 2.45) is 0 Å². The Balaban J connectivity index is 0.940. The first-order valence-corrected chi connectivity index (χ1v) is 19.0. The molecule has 12 aromatic rings. The van der Waals surface area contributed by atoms with Gasteiger partial charge in [-0.2, -0.15) is 9.97 Å². The number of hydrogen-bond donors (Lipinski definition) is 0. The van der Waals surface area contributed by atoms with Crippen LogP contribution in [-0.2, 0) is 0 Å². The van der Waals surface area contributed by atoms with E-state index in [9.17, 15) is 0 Å². The highest BCUT2D eigenvalue weighted by atomic mass is 16.3. The quantitative estimate of drug-likeness (QED) is 0.176. The van der Waals surface area contributed by atoms with Crippen molar-refractivity contribution in [3.8, 4) is 51.0 Å². The second-order valence-corrected chi connectivity index (χ2v) is 14.4. The molecule has 0 aliphatic carbocycles. The first-order chi connectivity index (χ1) is 28.2. The second-order valence-electron chi connectivity index (χ2n) is 14.4. The predicted molar refractivity (Wildman–Crippen MR) is 230 cm³/mol. The number of aromatic nitrogens is 4. The summed E-state index contributed by atoms with van der Waals surface area (Å²) >= 11 is 0. The number of hydrogen-bond acceptors (Lipinski definition) is 5. The minimum atomic E-state index is 0.577. The molecule has 0 atom stereocenters. The van der Waals surface area contributed by atoms with Gasteiger partial charge in [-0.25, -0.2) is 4.98 Å². The molecule has 0 radical (unpaired) electrons. The maximum Gasteiger partial charge on any atom is 0.238 e. The first-order valence-electron chi connectivity index (χ1n) is 19.0. The van der Waals surface area contributed by atoms with Crippen LogP contribution in [0.2, 0.25) is 0 Å². The maximum absolute atomic E-state index is 6.69. The average molecular weight is 731 g/mol. The highest BCUT2D eigenvalue weighted by Gasteiger charge is 2.19. The Kier molecular flexibility index (Phi) is 6.83. The van der Waals surface area contributed by atoms with Crippen molar-refractivity contribution in [1.29, 1.82) is 0 Å². The molecule has 6 nitrogen and oxygen atoms in total. The molecule has 0 N–H and O–H groups in total. The fourth-order valence-corrected chi connectivity index (χ4v) is 8.36. The van der Waals surface area contributed by atoms with Gasteiger partial charge in [0.05, 0.1) is 11.0 Å². The van der Waals surface area contributed by atoms with Gasteiger partial charge in [0.15, 0.2) is 11.6 Å². The van der Waals surface area contributed by atoms with Gasteiger partial charge in [0, 0.05) is 49.0 Å². The van der Waals surface area contributed by atoms with Crippen LogP contribution in [0.3, 0.4) is 0 Å². The molecule has 266 valence electrons. The largest absolute Gasteiger partial charge is 0.456 e. The van der Waals surface area contributed by atoms with Crippen LogP contribution in [0.1, 0.15) is 0 Å². The van der Waals surface area contributed by atoms with Crippen LogP contribution in [0.25, 0.3) is 117 Å². The molecule has 0 unspecified atom stereocenters. The van der Waals surface area contributed by atoms with E-state index in [1.165, 1.54) is 0 Å². The van der Waals surface area contributed by atoms with E-state index in [1.807, 2.05) is 48.5 Å². The van der Waals surface area contributed by atoms with Crippen molar-refractivity contribution in [1.82, 2.24) is 19.5 Å². The van der Waals surface area contributed by atoms with E-state index >= 15 is 0 Å². The van der Waals surface area contributed by atoms with Gasteiger partial charge in [0.25, 0.3) is 0 Å². The molecule has 0 amide bonds. The van der Waals surface area contributed by atoms with Crippen molar-refractivity contribution >= 4 is 65.7 Å². The molecule has 0 saturated heterocycles. The van der Waals surface area contributed by atoms with E-state index in [4.69, 9.17) is 23.8 Å². The second kappa shape index (κ2) is 12.3. The Bertz CT molecular complexity index is 3470. The smallest absolute Gasteiger partial charge is 0.238 e. The monoisotopic (exact) mass is 730 g/mol. The van der Waals surface area contributed by atoms with E-state index in [-0.39, 0.29) is 0 Å². The third kappa shape index (κ3) is 5.01. The van der Waals surface area contributed by atoms with E-state index in [1.54, 1.807) is 0 Å². The fourth-order valence-electron chi connectivity index (χ4n) is 8.36. The average Bonchev–Trinajstić information content (AvgIpc) is 3.96. The fraction of sp³-hybridized carbons (Fsp3) is 0. The van der Waals surface area contributed by atoms with Crippen LogP contribution < -0.4 is 0 Å². The Morgan fingerprint density at radius 2 is 0.912 bits per heavy atom. The number of para-hydroxylation sites is 4. The highest BCUT2D eigenvalue weighted by molar-refractivity contribution is 6.12. The van der Waals surface area contributed by atoms with Gasteiger partial charge in [-0.3, -0.25) is 4.57 Å². The van der Waals surface area contributed by atoms with Crippen LogP contribution in [0.4, 0.5) is 0 Å². The van der Waals surface area contributed by atoms with Gasteiger partial charge in [-0.1, -0.05) is 140 Å². The molecule has 0 bridgehead atoms. The minimum absolute atomic E-state index is 0.577. The molecule has 6 heteroatoms. The molecule has 4 aromatic heterocycles. The molecule has 8 aromatic carbocycles. The lowest BCUT2D eigenvalue weighted by Crippen LogP contribution is -2.06. The zero-order valence-electron chi connectivity index (χ0n) is 30.4. The molecule has 0 fully saturated rings. The molecule has 4 heterocycles. The van der Waals surface area contributed by atoms with Gasteiger partial charge in [-0.15, -0.1) is 0 Å². The lowest BCUT2D eigenvalue weighted by molar-refractivity contribution is 0.668. The van der Waals surface area contributed by atoms with Crippen molar-refractivity contribution in [2.45, 2.75) is 0 Å². The Labute approximate surface area is 325 Å². The van der Waals surface area contributed by atoms with E-state index in [0.717, 1.165) is 99.1 Å². The summed E-state index contributed by atoms with van der Waals surface area (Å²) in [5.41, 5.74) is 11.7. The number of fused-ring (bicyclic) bond motifs is 9. The third-order valence-electron chi connectivity index (χ3n) is 11.1. The van der Waals surface area contributed by atoms with Crippen LogP contribution in [0, 0.1) is 0 Å². The summed E-state index contributed by atoms with van der Waals surface area (Å²) in [7, 11) is 0. The lowest BCUT2D eigenvalue weighted by Gasteiger charge is -2.11. The zero-order valence-corrected chi connectivity index (χ0v) is 30.4. The number of furan rings is 2. The normalized spacial score (nSPS) is 11.9. The van der Waals surface area contributed by atoms with Crippen molar-refractivity contribution in [2.75, 3.05) is 0 Å². The summed E-state index contributed by atoms with van der Waals surface area (Å²) in [5, 5.41) is 6.68. The van der Waals surface area contributed by atoms with Gasteiger partial charge >= 0.3 is 0 Å². The summed E-state index contributed by atoms with van der Waals surface area (Å²) < 4.78 is 14.9. The molecular weight excluding hydrogens is 701 g/mol. The topological polar surface area (TPSA) is 69.9 Å². The van der Waals surface area contributed by atoms with Crippen LogP contribution in [0.15, 0.2) is 191 Å². The van der Waals surface area contributed by atoms with Crippen molar-refractivity contribution < 1.29 is 8.83 Å². The van der Waals surface area contributed by atoms with E-state index in [2.05, 4.69) is 138 Å². The Hall–Kier alpha value is -7.83. The summed E-state index contributed by atoms with van der Waals surface area (Å²) in [4.78, 5) is 15.2.